The van der Waals surface area contributed by atoms with Gasteiger partial charge < -0.3 is 9.47 Å². The van der Waals surface area contributed by atoms with Gasteiger partial charge in [0.2, 0.25) is 0 Å². The lowest BCUT2D eigenvalue weighted by molar-refractivity contribution is -0.144. The molecule has 0 unspecified atom stereocenters. The third-order valence-corrected chi connectivity index (χ3v) is 4.67. The zero-order valence-corrected chi connectivity index (χ0v) is 15.9. The lowest BCUT2D eigenvalue weighted by Gasteiger charge is -2.11. The fourth-order valence-electron chi connectivity index (χ4n) is 2.67. The first-order valence-electron chi connectivity index (χ1n) is 8.43. The second-order valence-corrected chi connectivity index (χ2v) is 7.08. The zero-order chi connectivity index (χ0) is 18.5. The van der Waals surface area contributed by atoms with Crippen molar-refractivity contribution in [3.8, 4) is 16.9 Å². The Morgan fingerprint density at radius 2 is 1.88 bits per heavy atom. The number of benzene rings is 2. The number of hydrogen-bond donors (Lipinski definition) is 0. The Morgan fingerprint density at radius 1 is 1.12 bits per heavy atom. The molecule has 0 atom stereocenters. The van der Waals surface area contributed by atoms with Crippen LogP contribution in [0.3, 0.4) is 0 Å². The molecule has 3 rings (SSSR count). The van der Waals surface area contributed by atoms with Crippen LogP contribution in [-0.4, -0.2) is 29.9 Å². The number of rotatable bonds is 6. The maximum absolute atomic E-state index is 11.9. The summed E-state index contributed by atoms with van der Waals surface area (Å²) in [4.78, 5) is 16.6. The molecule has 26 heavy (non-hydrogen) atoms. The predicted molar refractivity (Wildman–Crippen MR) is 106 cm³/mol. The van der Waals surface area contributed by atoms with Crippen LogP contribution >= 0.6 is 11.8 Å². The fourth-order valence-corrected chi connectivity index (χ4v) is 3.37. The number of methoxy groups -OCH3 is 1. The van der Waals surface area contributed by atoms with E-state index in [9.17, 15) is 4.79 Å². The quantitative estimate of drug-likeness (QED) is 0.455. The van der Waals surface area contributed by atoms with E-state index < -0.39 is 0 Å². The molecule has 0 saturated heterocycles. The van der Waals surface area contributed by atoms with E-state index in [1.807, 2.05) is 56.3 Å². The Bertz CT molecular complexity index is 910. The smallest absolute Gasteiger partial charge is 0.316 e. The monoisotopic (exact) mass is 367 g/mol. The third-order valence-electron chi connectivity index (χ3n) is 3.78. The van der Waals surface area contributed by atoms with E-state index in [4.69, 9.17) is 14.5 Å². The van der Waals surface area contributed by atoms with Crippen LogP contribution in [-0.2, 0) is 9.53 Å². The van der Waals surface area contributed by atoms with E-state index >= 15 is 0 Å². The van der Waals surface area contributed by atoms with Gasteiger partial charge in [-0.05, 0) is 43.2 Å². The molecule has 1 heterocycles. The summed E-state index contributed by atoms with van der Waals surface area (Å²) >= 11 is 1.38. The van der Waals surface area contributed by atoms with Crippen molar-refractivity contribution in [1.29, 1.82) is 0 Å². The average Bonchev–Trinajstić information content (AvgIpc) is 2.65. The Labute approximate surface area is 157 Å². The van der Waals surface area contributed by atoms with Crippen molar-refractivity contribution >= 4 is 28.6 Å². The van der Waals surface area contributed by atoms with Gasteiger partial charge in [0.15, 0.2) is 0 Å². The van der Waals surface area contributed by atoms with E-state index in [-0.39, 0.29) is 17.8 Å². The average molecular weight is 367 g/mol. The molecule has 0 aliphatic heterocycles. The molecule has 0 radical (unpaired) electrons. The molecule has 0 N–H and O–H groups in total. The van der Waals surface area contributed by atoms with Crippen molar-refractivity contribution in [2.24, 2.45) is 0 Å². The van der Waals surface area contributed by atoms with Gasteiger partial charge in [0, 0.05) is 11.5 Å². The van der Waals surface area contributed by atoms with Gasteiger partial charge in [-0.25, -0.2) is 4.98 Å². The summed E-state index contributed by atoms with van der Waals surface area (Å²) in [5, 5.41) is 1.83. The number of ether oxygens (including phenoxy) is 2. The van der Waals surface area contributed by atoms with Crippen LogP contribution in [0.5, 0.6) is 5.75 Å². The van der Waals surface area contributed by atoms with Gasteiger partial charge in [-0.15, -0.1) is 0 Å². The number of carbonyl (C=O) groups excluding carboxylic acids is 1. The minimum atomic E-state index is -0.237. The number of aromatic nitrogens is 1. The second-order valence-electron chi connectivity index (χ2n) is 6.08. The van der Waals surface area contributed by atoms with Crippen LogP contribution in [0.15, 0.2) is 59.6 Å². The van der Waals surface area contributed by atoms with Crippen molar-refractivity contribution < 1.29 is 14.3 Å². The summed E-state index contributed by atoms with van der Waals surface area (Å²) in [6.45, 7) is 3.69. The number of pyridine rings is 1. The largest absolute Gasteiger partial charge is 0.497 e. The van der Waals surface area contributed by atoms with Crippen molar-refractivity contribution in [3.05, 3.63) is 54.6 Å². The highest BCUT2D eigenvalue weighted by atomic mass is 32.2. The molecule has 0 spiro atoms. The van der Waals surface area contributed by atoms with E-state index in [0.29, 0.717) is 0 Å². The molecule has 2 aromatic carbocycles. The molecule has 0 bridgehead atoms. The number of carbonyl (C=O) groups is 1. The number of hydrogen-bond acceptors (Lipinski definition) is 5. The van der Waals surface area contributed by atoms with Crippen LogP contribution in [0, 0.1) is 0 Å². The van der Waals surface area contributed by atoms with Gasteiger partial charge in [0.1, 0.15) is 5.75 Å². The molecule has 0 saturated carbocycles. The lowest BCUT2D eigenvalue weighted by atomic mass is 10.0. The predicted octanol–water partition coefficient (Wildman–Crippen LogP) is 4.95. The van der Waals surface area contributed by atoms with Crippen molar-refractivity contribution in [3.63, 3.8) is 0 Å². The van der Waals surface area contributed by atoms with Gasteiger partial charge in [-0.1, -0.05) is 42.1 Å². The first-order chi connectivity index (χ1) is 12.6. The summed E-state index contributed by atoms with van der Waals surface area (Å²) in [6, 6.07) is 18.0. The van der Waals surface area contributed by atoms with Crippen LogP contribution in [0.1, 0.15) is 13.8 Å². The number of nitrogens with zero attached hydrogens (tertiary/aromatic N) is 1. The van der Waals surface area contributed by atoms with Gasteiger partial charge in [0.05, 0.1) is 29.5 Å². The minimum Gasteiger partial charge on any atom is -0.497 e. The molecule has 0 amide bonds. The Hall–Kier alpha value is -2.53. The van der Waals surface area contributed by atoms with Crippen LogP contribution in [0.2, 0.25) is 0 Å². The molecule has 3 aromatic rings. The molecule has 4 nitrogen and oxygen atoms in total. The normalized spacial score (nSPS) is 10.9. The molecule has 1 aromatic heterocycles. The highest BCUT2D eigenvalue weighted by molar-refractivity contribution is 7.99. The second kappa shape index (κ2) is 8.23. The molecule has 0 fully saturated rings. The molecule has 134 valence electrons. The van der Waals surface area contributed by atoms with Gasteiger partial charge in [-0.2, -0.15) is 0 Å². The Morgan fingerprint density at radius 3 is 2.58 bits per heavy atom. The number of fused-ring (bicyclic) bond motifs is 1. The molecule has 5 heteroatoms. The summed E-state index contributed by atoms with van der Waals surface area (Å²) < 4.78 is 10.5. The SMILES string of the molecule is COc1ccc2c(-c3ccccc3)cc(SCC(=O)OC(C)C)nc2c1. The van der Waals surface area contributed by atoms with Crippen LogP contribution < -0.4 is 4.74 Å². The number of esters is 1. The van der Waals surface area contributed by atoms with Gasteiger partial charge in [-0.3, -0.25) is 4.79 Å². The molecule has 0 aliphatic carbocycles. The number of thioether (sulfide) groups is 1. The van der Waals surface area contributed by atoms with Crippen molar-refractivity contribution in [1.82, 2.24) is 4.98 Å². The zero-order valence-electron chi connectivity index (χ0n) is 15.1. The maximum Gasteiger partial charge on any atom is 0.316 e. The van der Waals surface area contributed by atoms with Gasteiger partial charge in [0.25, 0.3) is 0 Å². The first-order valence-corrected chi connectivity index (χ1v) is 9.42. The topological polar surface area (TPSA) is 48.4 Å². The van der Waals surface area contributed by atoms with Crippen molar-refractivity contribution in [2.45, 2.75) is 25.0 Å². The lowest BCUT2D eigenvalue weighted by Crippen LogP contribution is -2.13. The van der Waals surface area contributed by atoms with E-state index in [0.717, 1.165) is 32.8 Å². The first kappa shape index (κ1) is 18.3. The standard InChI is InChI=1S/C21H21NO3S/c1-14(2)25-21(23)13-26-20-12-18(15-7-5-4-6-8-15)17-10-9-16(24-3)11-19(17)22-20/h4-12,14H,13H2,1-3H3. The minimum absolute atomic E-state index is 0.114. The van der Waals surface area contributed by atoms with E-state index in [1.165, 1.54) is 11.8 Å². The van der Waals surface area contributed by atoms with Crippen LogP contribution in [0.4, 0.5) is 0 Å². The highest BCUT2D eigenvalue weighted by Gasteiger charge is 2.12. The third kappa shape index (κ3) is 4.35. The molecular weight excluding hydrogens is 346 g/mol. The Kier molecular flexibility index (Phi) is 5.78. The summed E-state index contributed by atoms with van der Waals surface area (Å²) in [5.74, 6) is 0.749. The molecule has 0 aliphatic rings. The highest BCUT2D eigenvalue weighted by Crippen LogP contribution is 2.33. The maximum atomic E-state index is 11.9. The summed E-state index contributed by atoms with van der Waals surface area (Å²) in [5.41, 5.74) is 3.03. The van der Waals surface area contributed by atoms with E-state index in [2.05, 4.69) is 12.1 Å². The Balaban J connectivity index is 1.99. The summed E-state index contributed by atoms with van der Waals surface area (Å²) in [6.07, 6.45) is -0.114. The van der Waals surface area contributed by atoms with Crippen LogP contribution in [0.25, 0.3) is 22.0 Å². The fraction of sp³-hybridized carbons (Fsp3) is 0.238. The van der Waals surface area contributed by atoms with Gasteiger partial charge >= 0.3 is 5.97 Å². The van der Waals surface area contributed by atoms with E-state index in [1.54, 1.807) is 7.11 Å². The summed E-state index contributed by atoms with van der Waals surface area (Å²) in [7, 11) is 1.64. The molecular formula is C21H21NO3S. The van der Waals surface area contributed by atoms with Crippen molar-refractivity contribution in [2.75, 3.05) is 12.9 Å².